The van der Waals surface area contributed by atoms with Gasteiger partial charge < -0.3 is 14.8 Å². The molecule has 0 aliphatic carbocycles. The fourth-order valence-corrected chi connectivity index (χ4v) is 2.11. The monoisotopic (exact) mass is 369 g/mol. The predicted octanol–water partition coefficient (Wildman–Crippen LogP) is 1.87. The Morgan fingerprint density at radius 2 is 1.78 bits per heavy atom. The van der Waals surface area contributed by atoms with Gasteiger partial charge in [0, 0.05) is 20.3 Å². The molecule has 0 aliphatic heterocycles. The van der Waals surface area contributed by atoms with Crippen molar-refractivity contribution in [3.63, 3.8) is 0 Å². The zero-order chi connectivity index (χ0) is 19.3. The quantitative estimate of drug-likeness (QED) is 0.306. The highest BCUT2D eigenvalue weighted by Gasteiger charge is 2.11. The molecule has 0 fully saturated rings. The SMILES string of the molecule is COCCCNC(=O)C(=O)N/N=C/c1ccc(OCc2ccccc2)cc1. The van der Waals surface area contributed by atoms with Crippen molar-refractivity contribution < 1.29 is 19.1 Å². The van der Waals surface area contributed by atoms with Crippen LogP contribution in [-0.4, -0.2) is 38.3 Å². The zero-order valence-electron chi connectivity index (χ0n) is 15.2. The molecule has 0 saturated carbocycles. The number of carbonyl (C=O) groups is 2. The normalized spacial score (nSPS) is 10.6. The molecule has 0 atom stereocenters. The van der Waals surface area contributed by atoms with Gasteiger partial charge >= 0.3 is 11.8 Å². The van der Waals surface area contributed by atoms with Crippen LogP contribution in [-0.2, 0) is 20.9 Å². The third-order valence-corrected chi connectivity index (χ3v) is 3.53. The Kier molecular flexibility index (Phi) is 8.52. The number of nitrogens with zero attached hydrogens (tertiary/aromatic N) is 1. The van der Waals surface area contributed by atoms with Crippen LogP contribution >= 0.6 is 0 Å². The molecule has 0 heterocycles. The highest BCUT2D eigenvalue weighted by molar-refractivity contribution is 6.35. The lowest BCUT2D eigenvalue weighted by atomic mass is 10.2. The van der Waals surface area contributed by atoms with E-state index in [0.717, 1.165) is 16.9 Å². The van der Waals surface area contributed by atoms with E-state index in [1.54, 1.807) is 19.2 Å². The maximum atomic E-state index is 11.6. The van der Waals surface area contributed by atoms with E-state index in [1.807, 2.05) is 42.5 Å². The summed E-state index contributed by atoms with van der Waals surface area (Å²) in [7, 11) is 1.57. The summed E-state index contributed by atoms with van der Waals surface area (Å²) in [5.41, 5.74) is 4.04. The first-order chi connectivity index (χ1) is 13.2. The molecular formula is C20H23N3O4. The van der Waals surface area contributed by atoms with E-state index < -0.39 is 11.8 Å². The maximum Gasteiger partial charge on any atom is 0.329 e. The lowest BCUT2D eigenvalue weighted by Crippen LogP contribution is -2.38. The van der Waals surface area contributed by atoms with E-state index in [0.29, 0.717) is 26.2 Å². The van der Waals surface area contributed by atoms with Crippen LogP contribution in [0.15, 0.2) is 59.7 Å². The summed E-state index contributed by atoms with van der Waals surface area (Å²) in [5.74, 6) is -0.810. The van der Waals surface area contributed by atoms with E-state index in [1.165, 1.54) is 6.21 Å². The van der Waals surface area contributed by atoms with Gasteiger partial charge in [0.05, 0.1) is 6.21 Å². The largest absolute Gasteiger partial charge is 0.489 e. The molecule has 0 spiro atoms. The molecule has 27 heavy (non-hydrogen) atoms. The van der Waals surface area contributed by atoms with Gasteiger partial charge in [-0.05, 0) is 41.8 Å². The minimum absolute atomic E-state index is 0.369. The van der Waals surface area contributed by atoms with Crippen LogP contribution in [0.25, 0.3) is 0 Å². The summed E-state index contributed by atoms with van der Waals surface area (Å²) in [5, 5.41) is 6.26. The molecule has 0 unspecified atom stereocenters. The minimum Gasteiger partial charge on any atom is -0.489 e. The molecule has 2 aromatic carbocycles. The van der Waals surface area contributed by atoms with Crippen molar-refractivity contribution in [3.8, 4) is 5.75 Å². The lowest BCUT2D eigenvalue weighted by Gasteiger charge is -2.06. The molecule has 7 heteroatoms. The highest BCUT2D eigenvalue weighted by Crippen LogP contribution is 2.13. The summed E-state index contributed by atoms with van der Waals surface area (Å²) in [6.45, 7) is 1.38. The molecule has 0 saturated heterocycles. The second-order valence-corrected chi connectivity index (χ2v) is 5.64. The number of hydrogen-bond acceptors (Lipinski definition) is 5. The number of carbonyl (C=O) groups excluding carboxylic acids is 2. The van der Waals surface area contributed by atoms with Crippen molar-refractivity contribution in [2.75, 3.05) is 20.3 Å². The first kappa shape index (κ1) is 20.1. The molecule has 0 aromatic heterocycles. The van der Waals surface area contributed by atoms with Crippen molar-refractivity contribution in [3.05, 3.63) is 65.7 Å². The van der Waals surface area contributed by atoms with Crippen LogP contribution in [0.5, 0.6) is 5.75 Å². The van der Waals surface area contributed by atoms with Gasteiger partial charge in [0.25, 0.3) is 0 Å². The third-order valence-electron chi connectivity index (χ3n) is 3.53. The second-order valence-electron chi connectivity index (χ2n) is 5.64. The van der Waals surface area contributed by atoms with Gasteiger partial charge in [0.1, 0.15) is 12.4 Å². The maximum absolute atomic E-state index is 11.6. The number of benzene rings is 2. The zero-order valence-corrected chi connectivity index (χ0v) is 15.2. The smallest absolute Gasteiger partial charge is 0.329 e. The standard InChI is InChI=1S/C20H23N3O4/c1-26-13-5-12-21-19(24)20(25)23-22-14-16-8-10-18(11-9-16)27-15-17-6-3-2-4-7-17/h2-4,6-11,14H,5,12-13,15H2,1H3,(H,21,24)(H,23,25)/b22-14+. The first-order valence-electron chi connectivity index (χ1n) is 8.56. The highest BCUT2D eigenvalue weighted by atomic mass is 16.5. The van der Waals surface area contributed by atoms with E-state index in [4.69, 9.17) is 9.47 Å². The fourth-order valence-electron chi connectivity index (χ4n) is 2.11. The van der Waals surface area contributed by atoms with E-state index in [9.17, 15) is 9.59 Å². The van der Waals surface area contributed by atoms with Gasteiger partial charge in [0.15, 0.2) is 0 Å². The van der Waals surface area contributed by atoms with Crippen molar-refractivity contribution in [1.29, 1.82) is 0 Å². The van der Waals surface area contributed by atoms with Gasteiger partial charge in [-0.3, -0.25) is 9.59 Å². The van der Waals surface area contributed by atoms with E-state index in [2.05, 4.69) is 15.8 Å². The van der Waals surface area contributed by atoms with Gasteiger partial charge in [0.2, 0.25) is 0 Å². The van der Waals surface area contributed by atoms with Crippen molar-refractivity contribution in [2.24, 2.45) is 5.10 Å². The van der Waals surface area contributed by atoms with E-state index in [-0.39, 0.29) is 0 Å². The Labute approximate surface area is 158 Å². The Morgan fingerprint density at radius 1 is 1.04 bits per heavy atom. The Morgan fingerprint density at radius 3 is 2.48 bits per heavy atom. The summed E-state index contributed by atoms with van der Waals surface area (Å²) >= 11 is 0. The number of methoxy groups -OCH3 is 1. The minimum atomic E-state index is -0.813. The van der Waals surface area contributed by atoms with Crippen LogP contribution in [0.2, 0.25) is 0 Å². The fraction of sp³-hybridized carbons (Fsp3) is 0.250. The molecule has 142 valence electrons. The van der Waals surface area contributed by atoms with Crippen LogP contribution < -0.4 is 15.5 Å². The topological polar surface area (TPSA) is 89.0 Å². The van der Waals surface area contributed by atoms with E-state index >= 15 is 0 Å². The second kappa shape index (κ2) is 11.4. The van der Waals surface area contributed by atoms with Gasteiger partial charge in [-0.15, -0.1) is 0 Å². The lowest BCUT2D eigenvalue weighted by molar-refractivity contribution is -0.139. The van der Waals surface area contributed by atoms with Crippen molar-refractivity contribution in [2.45, 2.75) is 13.0 Å². The number of ether oxygens (including phenoxy) is 2. The molecule has 0 aliphatic rings. The van der Waals surface area contributed by atoms with Crippen LogP contribution in [0.4, 0.5) is 0 Å². The van der Waals surface area contributed by atoms with Crippen LogP contribution in [0.1, 0.15) is 17.5 Å². The molecular weight excluding hydrogens is 346 g/mol. The van der Waals surface area contributed by atoms with Gasteiger partial charge in [-0.2, -0.15) is 5.10 Å². The molecule has 2 N–H and O–H groups in total. The molecule has 2 aromatic rings. The number of hydrogen-bond donors (Lipinski definition) is 2. The molecule has 2 amide bonds. The number of rotatable bonds is 9. The summed E-state index contributed by atoms with van der Waals surface area (Å²) in [6.07, 6.45) is 2.09. The number of hydrazone groups is 1. The van der Waals surface area contributed by atoms with Gasteiger partial charge in [-0.25, -0.2) is 5.43 Å². The van der Waals surface area contributed by atoms with Crippen LogP contribution in [0.3, 0.4) is 0 Å². The Bertz CT molecular complexity index is 746. The van der Waals surface area contributed by atoms with Crippen molar-refractivity contribution in [1.82, 2.24) is 10.7 Å². The summed E-state index contributed by atoms with van der Waals surface area (Å²) in [6, 6.07) is 17.1. The average molecular weight is 369 g/mol. The van der Waals surface area contributed by atoms with Crippen LogP contribution in [0, 0.1) is 0 Å². The number of nitrogens with one attached hydrogen (secondary N) is 2. The molecule has 0 radical (unpaired) electrons. The number of amides is 2. The van der Waals surface area contributed by atoms with Gasteiger partial charge in [-0.1, -0.05) is 30.3 Å². The third kappa shape index (κ3) is 7.70. The predicted molar refractivity (Wildman–Crippen MR) is 102 cm³/mol. The molecule has 7 nitrogen and oxygen atoms in total. The van der Waals surface area contributed by atoms with Crippen molar-refractivity contribution >= 4 is 18.0 Å². The average Bonchev–Trinajstić information content (AvgIpc) is 2.71. The molecule has 0 bridgehead atoms. The Hall–Kier alpha value is -3.19. The molecule has 2 rings (SSSR count). The Balaban J connectivity index is 1.73. The first-order valence-corrected chi connectivity index (χ1v) is 8.56. The summed E-state index contributed by atoms with van der Waals surface area (Å²) < 4.78 is 10.6. The summed E-state index contributed by atoms with van der Waals surface area (Å²) in [4.78, 5) is 23.1.